The van der Waals surface area contributed by atoms with Gasteiger partial charge in [0.25, 0.3) is 0 Å². The largest absolute Gasteiger partial charge is 0.497 e. The minimum atomic E-state index is -0.282. The summed E-state index contributed by atoms with van der Waals surface area (Å²) < 4.78 is 13.3. The average molecular weight is 498 g/mol. The lowest BCUT2D eigenvalue weighted by Gasteiger charge is -2.35. The van der Waals surface area contributed by atoms with Gasteiger partial charge in [-0.05, 0) is 23.3 Å². The van der Waals surface area contributed by atoms with Crippen molar-refractivity contribution < 1.29 is 14.3 Å². The van der Waals surface area contributed by atoms with Crippen LogP contribution in [-0.2, 0) is 23.6 Å². The molecule has 3 aromatic rings. The number of piperazine rings is 1. The molecule has 0 aliphatic carbocycles. The number of benzene rings is 2. The van der Waals surface area contributed by atoms with Crippen molar-refractivity contribution in [3.05, 3.63) is 77.6 Å². The Balaban J connectivity index is 1.17. The quantitative estimate of drug-likeness (QED) is 0.457. The van der Waals surface area contributed by atoms with Crippen molar-refractivity contribution in [1.29, 1.82) is 0 Å². The highest BCUT2D eigenvalue weighted by Crippen LogP contribution is 2.18. The van der Waals surface area contributed by atoms with Gasteiger partial charge in [0.15, 0.2) is 0 Å². The minimum absolute atomic E-state index is 0.282. The van der Waals surface area contributed by atoms with Gasteiger partial charge in [-0.2, -0.15) is 0 Å². The van der Waals surface area contributed by atoms with E-state index in [1.54, 1.807) is 23.8 Å². The summed E-state index contributed by atoms with van der Waals surface area (Å²) in [7, 11) is 1.65. The molecule has 1 aromatic heterocycles. The standard InChI is InChI=1S/C24H27N5O3S2/c1-31-22-9-7-19(8-10-22)15-29-16-21(25-26-29)18-34-24(33)28-13-11-27(12-14-28)23(30)32-17-20-5-3-2-4-6-20/h2-10,16H,11-15,17-18H2,1H3. The van der Waals surface area contributed by atoms with Crippen molar-refractivity contribution in [2.75, 3.05) is 33.3 Å². The molecule has 0 spiro atoms. The van der Waals surface area contributed by atoms with Crippen LogP contribution in [0.1, 0.15) is 16.8 Å². The zero-order valence-electron chi connectivity index (χ0n) is 19.0. The molecule has 1 amide bonds. The first-order chi connectivity index (χ1) is 16.6. The SMILES string of the molecule is COc1ccc(Cn2cc(CSC(=S)N3CCN(C(=O)OCc4ccccc4)CC3)nn2)cc1. The van der Waals surface area contributed by atoms with Gasteiger partial charge in [0.05, 0.1) is 19.3 Å². The summed E-state index contributed by atoms with van der Waals surface area (Å²) in [6.07, 6.45) is 1.66. The minimum Gasteiger partial charge on any atom is -0.497 e. The number of hydrogen-bond acceptors (Lipinski definition) is 7. The number of hydrogen-bond donors (Lipinski definition) is 0. The number of thioether (sulfide) groups is 1. The van der Waals surface area contributed by atoms with Gasteiger partial charge in [-0.3, -0.25) is 0 Å². The van der Waals surface area contributed by atoms with Crippen LogP contribution in [-0.4, -0.2) is 68.5 Å². The van der Waals surface area contributed by atoms with Crippen molar-refractivity contribution >= 4 is 34.4 Å². The van der Waals surface area contributed by atoms with Gasteiger partial charge < -0.3 is 19.3 Å². The number of methoxy groups -OCH3 is 1. The third kappa shape index (κ3) is 6.71. The van der Waals surface area contributed by atoms with Crippen molar-refractivity contribution in [2.24, 2.45) is 0 Å². The number of amides is 1. The number of aromatic nitrogens is 3. The maximum Gasteiger partial charge on any atom is 0.410 e. The Bertz CT molecular complexity index is 1080. The summed E-state index contributed by atoms with van der Waals surface area (Å²) in [5.41, 5.74) is 2.98. The Kier molecular flexibility index (Phi) is 8.37. The van der Waals surface area contributed by atoms with E-state index in [-0.39, 0.29) is 12.7 Å². The van der Waals surface area contributed by atoms with Crippen LogP contribution >= 0.6 is 24.0 Å². The van der Waals surface area contributed by atoms with Crippen LogP contribution in [0.25, 0.3) is 0 Å². The molecule has 0 atom stereocenters. The summed E-state index contributed by atoms with van der Waals surface area (Å²) in [4.78, 5) is 16.2. The van der Waals surface area contributed by atoms with Crippen LogP contribution in [0.4, 0.5) is 4.79 Å². The first-order valence-electron chi connectivity index (χ1n) is 11.0. The van der Waals surface area contributed by atoms with Crippen LogP contribution in [0.5, 0.6) is 5.75 Å². The summed E-state index contributed by atoms with van der Waals surface area (Å²) >= 11 is 7.18. The summed E-state index contributed by atoms with van der Waals surface area (Å²) in [5.74, 6) is 1.48. The maximum atomic E-state index is 12.3. The lowest BCUT2D eigenvalue weighted by atomic mass is 10.2. The number of rotatable bonds is 7. The molecule has 1 fully saturated rings. The Morgan fingerprint density at radius 1 is 1.00 bits per heavy atom. The number of carbonyl (C=O) groups is 1. The molecule has 1 aliphatic heterocycles. The van der Waals surface area contributed by atoms with Crippen LogP contribution < -0.4 is 4.74 Å². The van der Waals surface area contributed by atoms with E-state index in [1.165, 1.54) is 0 Å². The second kappa shape index (κ2) is 11.8. The Morgan fingerprint density at radius 3 is 2.41 bits per heavy atom. The second-order valence-corrected chi connectivity index (χ2v) is 9.43. The van der Waals surface area contributed by atoms with Crippen molar-refractivity contribution in [1.82, 2.24) is 24.8 Å². The molecule has 4 rings (SSSR count). The van der Waals surface area contributed by atoms with Crippen LogP contribution in [0, 0.1) is 0 Å². The summed E-state index contributed by atoms with van der Waals surface area (Å²) in [6, 6.07) is 17.6. The Hall–Kier alpha value is -3.11. The normalized spacial score (nSPS) is 13.6. The van der Waals surface area contributed by atoms with Crippen molar-refractivity contribution in [2.45, 2.75) is 18.9 Å². The number of carbonyl (C=O) groups excluding carboxylic acids is 1. The molecule has 0 N–H and O–H groups in total. The Morgan fingerprint density at radius 2 is 1.71 bits per heavy atom. The van der Waals surface area contributed by atoms with E-state index < -0.39 is 0 Å². The molecular formula is C24H27N5O3S2. The molecule has 0 radical (unpaired) electrons. The fourth-order valence-electron chi connectivity index (χ4n) is 3.51. The molecule has 1 saturated heterocycles. The van der Waals surface area contributed by atoms with E-state index in [1.807, 2.05) is 65.5 Å². The lowest BCUT2D eigenvalue weighted by molar-refractivity contribution is 0.0832. The summed E-state index contributed by atoms with van der Waals surface area (Å²) in [6.45, 7) is 3.49. The molecule has 2 aromatic carbocycles. The van der Waals surface area contributed by atoms with Crippen LogP contribution in [0.2, 0.25) is 0 Å². The third-order valence-corrected chi connectivity index (χ3v) is 6.99. The van der Waals surface area contributed by atoms with Gasteiger partial charge in [-0.25, -0.2) is 9.48 Å². The van der Waals surface area contributed by atoms with Gasteiger partial charge in [-0.15, -0.1) is 5.10 Å². The molecular weight excluding hydrogens is 470 g/mol. The summed E-state index contributed by atoms with van der Waals surface area (Å²) in [5, 5.41) is 8.48. The van der Waals surface area contributed by atoms with Gasteiger partial charge in [0, 0.05) is 38.1 Å². The first-order valence-corrected chi connectivity index (χ1v) is 12.4. The van der Waals surface area contributed by atoms with Crippen molar-refractivity contribution in [3.8, 4) is 5.75 Å². The molecule has 0 saturated carbocycles. The molecule has 10 heteroatoms. The zero-order chi connectivity index (χ0) is 23.8. The smallest absolute Gasteiger partial charge is 0.410 e. The first kappa shape index (κ1) is 24.0. The highest BCUT2D eigenvalue weighted by molar-refractivity contribution is 8.22. The lowest BCUT2D eigenvalue weighted by Crippen LogP contribution is -2.49. The topological polar surface area (TPSA) is 72.7 Å². The number of thiocarbonyl (C=S) groups is 1. The van der Waals surface area contributed by atoms with E-state index >= 15 is 0 Å². The number of nitrogens with zero attached hydrogens (tertiary/aromatic N) is 5. The van der Waals surface area contributed by atoms with E-state index in [2.05, 4.69) is 15.2 Å². The molecule has 0 unspecified atom stereocenters. The second-order valence-electron chi connectivity index (χ2n) is 7.82. The van der Waals surface area contributed by atoms with Crippen LogP contribution in [0.15, 0.2) is 60.8 Å². The zero-order valence-corrected chi connectivity index (χ0v) is 20.6. The highest BCUT2D eigenvalue weighted by Gasteiger charge is 2.23. The predicted octanol–water partition coefficient (Wildman–Crippen LogP) is 3.81. The molecule has 178 valence electrons. The van der Waals surface area contributed by atoms with E-state index in [0.717, 1.165) is 26.9 Å². The van der Waals surface area contributed by atoms with E-state index in [0.29, 0.717) is 38.5 Å². The molecule has 0 bridgehead atoms. The number of ether oxygens (including phenoxy) is 2. The van der Waals surface area contributed by atoms with Gasteiger partial charge >= 0.3 is 6.09 Å². The molecule has 8 nitrogen and oxygen atoms in total. The highest BCUT2D eigenvalue weighted by atomic mass is 32.2. The Labute approximate surface area is 208 Å². The fraction of sp³-hybridized carbons (Fsp3) is 0.333. The van der Waals surface area contributed by atoms with E-state index in [9.17, 15) is 4.79 Å². The third-order valence-electron chi connectivity index (χ3n) is 5.43. The van der Waals surface area contributed by atoms with Crippen molar-refractivity contribution in [3.63, 3.8) is 0 Å². The maximum absolute atomic E-state index is 12.3. The van der Waals surface area contributed by atoms with Gasteiger partial charge in [0.2, 0.25) is 0 Å². The van der Waals surface area contributed by atoms with Crippen LogP contribution in [0.3, 0.4) is 0 Å². The van der Waals surface area contributed by atoms with Gasteiger partial charge in [0.1, 0.15) is 16.7 Å². The molecule has 34 heavy (non-hydrogen) atoms. The van der Waals surface area contributed by atoms with Gasteiger partial charge in [-0.1, -0.05) is 71.7 Å². The monoisotopic (exact) mass is 497 g/mol. The molecule has 1 aliphatic rings. The fourth-order valence-corrected chi connectivity index (χ4v) is 4.64. The molecule has 2 heterocycles. The predicted molar refractivity (Wildman–Crippen MR) is 136 cm³/mol. The average Bonchev–Trinajstić information content (AvgIpc) is 3.34. The van der Waals surface area contributed by atoms with E-state index in [4.69, 9.17) is 21.7 Å².